The van der Waals surface area contributed by atoms with Crippen LogP contribution in [0.2, 0.25) is 0 Å². The molecule has 0 saturated heterocycles. The molecule has 2 spiro atoms. The Balaban J connectivity index is 1.43. The van der Waals surface area contributed by atoms with E-state index < -0.39 is 0 Å². The van der Waals surface area contributed by atoms with Crippen LogP contribution in [0.25, 0.3) is 0 Å². The molecular formula is C30H46O2. The number of carbonyl (C=O) groups excluding carboxylic acids is 2. The van der Waals surface area contributed by atoms with Gasteiger partial charge in [-0.05, 0) is 117 Å². The van der Waals surface area contributed by atoms with Gasteiger partial charge in [-0.2, -0.15) is 0 Å². The van der Waals surface area contributed by atoms with Gasteiger partial charge < -0.3 is 4.79 Å². The molecule has 178 valence electrons. The van der Waals surface area contributed by atoms with Crippen molar-refractivity contribution in [3.8, 4) is 0 Å². The number of aldehydes is 1. The van der Waals surface area contributed by atoms with Gasteiger partial charge in [0.15, 0.2) is 0 Å². The molecule has 0 aromatic carbocycles. The third kappa shape index (κ3) is 2.65. The maximum Gasteiger partial charge on any atom is 0.138 e. The third-order valence-electron chi connectivity index (χ3n) is 12.7. The SMILES string of the molecule is CC(C)=CCC[C@@H](C=O)[C@H]1CC[C@@]2(C)[C@@H]3CC[C@H]4C(C)(C)C(=O)CC[C@@]45C[C@@]35CC[C@]12C. The molecule has 0 aromatic rings. The predicted molar refractivity (Wildman–Crippen MR) is 130 cm³/mol. The highest BCUT2D eigenvalue weighted by atomic mass is 16.1. The summed E-state index contributed by atoms with van der Waals surface area (Å²) < 4.78 is 0. The van der Waals surface area contributed by atoms with Crippen molar-refractivity contribution >= 4 is 12.1 Å². The summed E-state index contributed by atoms with van der Waals surface area (Å²) in [6, 6.07) is 0. The quantitative estimate of drug-likeness (QED) is 0.328. The molecule has 0 radical (unpaired) electrons. The van der Waals surface area contributed by atoms with Crippen LogP contribution >= 0.6 is 0 Å². The lowest BCUT2D eigenvalue weighted by molar-refractivity contribution is -0.157. The van der Waals surface area contributed by atoms with Crippen molar-refractivity contribution in [2.75, 3.05) is 0 Å². The van der Waals surface area contributed by atoms with Crippen LogP contribution in [-0.4, -0.2) is 12.1 Å². The first-order chi connectivity index (χ1) is 15.0. The summed E-state index contributed by atoms with van der Waals surface area (Å²) in [5.74, 6) is 2.67. The number of rotatable bonds is 5. The molecule has 0 heterocycles. The second-order valence-electron chi connectivity index (χ2n) is 14.0. The van der Waals surface area contributed by atoms with Gasteiger partial charge in [0.05, 0.1) is 0 Å². The van der Waals surface area contributed by atoms with Gasteiger partial charge in [0, 0.05) is 17.8 Å². The monoisotopic (exact) mass is 438 g/mol. The molecule has 2 nitrogen and oxygen atoms in total. The Hall–Kier alpha value is -0.920. The largest absolute Gasteiger partial charge is 0.303 e. The molecule has 0 unspecified atom stereocenters. The second-order valence-corrected chi connectivity index (χ2v) is 14.0. The van der Waals surface area contributed by atoms with E-state index >= 15 is 0 Å². The van der Waals surface area contributed by atoms with Crippen molar-refractivity contribution in [1.82, 2.24) is 0 Å². The Kier molecular flexibility index (Phi) is 5.03. The van der Waals surface area contributed by atoms with Gasteiger partial charge in [0.25, 0.3) is 0 Å². The summed E-state index contributed by atoms with van der Waals surface area (Å²) in [5, 5.41) is 0. The third-order valence-corrected chi connectivity index (χ3v) is 12.7. The molecule has 5 saturated carbocycles. The van der Waals surface area contributed by atoms with Crippen LogP contribution in [0.5, 0.6) is 0 Å². The lowest BCUT2D eigenvalue weighted by Gasteiger charge is -2.62. The van der Waals surface area contributed by atoms with Gasteiger partial charge in [0.2, 0.25) is 0 Å². The molecule has 0 amide bonds. The number of Topliss-reactive ketones (excluding diaryl/α,β-unsaturated/α-hetero) is 1. The summed E-state index contributed by atoms with van der Waals surface area (Å²) in [6.07, 6.45) is 16.8. The number of allylic oxidation sites excluding steroid dienone is 2. The summed E-state index contributed by atoms with van der Waals surface area (Å²) in [7, 11) is 0. The van der Waals surface area contributed by atoms with Crippen LogP contribution in [0.3, 0.4) is 0 Å². The fourth-order valence-electron chi connectivity index (χ4n) is 10.8. The average molecular weight is 439 g/mol. The maximum atomic E-state index is 12.8. The summed E-state index contributed by atoms with van der Waals surface area (Å²) >= 11 is 0. The predicted octanol–water partition coefficient (Wildman–Crippen LogP) is 7.56. The minimum atomic E-state index is -0.125. The lowest BCUT2D eigenvalue weighted by Crippen LogP contribution is -2.57. The molecule has 32 heavy (non-hydrogen) atoms. The highest BCUT2D eigenvalue weighted by Gasteiger charge is 2.82. The van der Waals surface area contributed by atoms with Gasteiger partial charge in [-0.3, -0.25) is 4.79 Å². The van der Waals surface area contributed by atoms with Crippen LogP contribution in [-0.2, 0) is 9.59 Å². The molecule has 0 aromatic heterocycles. The molecule has 5 aliphatic rings. The zero-order valence-corrected chi connectivity index (χ0v) is 21.6. The van der Waals surface area contributed by atoms with E-state index in [2.05, 4.69) is 47.6 Å². The number of hydrogen-bond donors (Lipinski definition) is 0. The first-order valence-corrected chi connectivity index (χ1v) is 13.6. The van der Waals surface area contributed by atoms with E-state index in [1.54, 1.807) is 0 Å². The molecule has 5 fully saturated rings. The summed E-state index contributed by atoms with van der Waals surface area (Å²) in [5.41, 5.74) is 2.82. The number of fused-ring (bicyclic) bond motifs is 2. The molecular weight excluding hydrogens is 392 g/mol. The molecule has 8 atom stereocenters. The maximum absolute atomic E-state index is 12.8. The normalized spacial score (nSPS) is 49.2. The highest BCUT2D eigenvalue weighted by Crippen LogP contribution is 2.88. The van der Waals surface area contributed by atoms with Gasteiger partial charge >= 0.3 is 0 Å². The molecule has 2 heteroatoms. The van der Waals surface area contributed by atoms with Gasteiger partial charge in [-0.15, -0.1) is 0 Å². The van der Waals surface area contributed by atoms with Gasteiger partial charge in [0.1, 0.15) is 12.1 Å². The van der Waals surface area contributed by atoms with Crippen LogP contribution in [0, 0.1) is 50.7 Å². The van der Waals surface area contributed by atoms with Crippen molar-refractivity contribution in [1.29, 1.82) is 0 Å². The average Bonchev–Trinajstić information content (AvgIpc) is 3.32. The summed E-state index contributed by atoms with van der Waals surface area (Å²) in [6.45, 7) is 14.0. The van der Waals surface area contributed by atoms with Crippen molar-refractivity contribution in [3.05, 3.63) is 11.6 Å². The van der Waals surface area contributed by atoms with Gasteiger partial charge in [-0.1, -0.05) is 39.3 Å². The lowest BCUT2D eigenvalue weighted by atomic mass is 9.42. The van der Waals surface area contributed by atoms with E-state index in [4.69, 9.17) is 0 Å². The van der Waals surface area contributed by atoms with E-state index in [0.29, 0.717) is 33.9 Å². The topological polar surface area (TPSA) is 34.1 Å². The van der Waals surface area contributed by atoms with Crippen molar-refractivity contribution in [3.63, 3.8) is 0 Å². The summed E-state index contributed by atoms with van der Waals surface area (Å²) in [4.78, 5) is 25.1. The van der Waals surface area contributed by atoms with Crippen molar-refractivity contribution < 1.29 is 9.59 Å². The van der Waals surface area contributed by atoms with E-state index in [-0.39, 0.29) is 16.7 Å². The Bertz CT molecular complexity index is 849. The van der Waals surface area contributed by atoms with Crippen LogP contribution in [0.1, 0.15) is 112 Å². The van der Waals surface area contributed by atoms with E-state index in [9.17, 15) is 9.59 Å². The highest BCUT2D eigenvalue weighted by molar-refractivity contribution is 5.86. The van der Waals surface area contributed by atoms with Gasteiger partial charge in [-0.25, -0.2) is 0 Å². The zero-order chi connectivity index (χ0) is 23.2. The Morgan fingerprint density at radius 2 is 1.62 bits per heavy atom. The molecule has 5 rings (SSSR count). The van der Waals surface area contributed by atoms with Crippen LogP contribution < -0.4 is 0 Å². The first-order valence-electron chi connectivity index (χ1n) is 13.6. The number of ketones is 1. The minimum Gasteiger partial charge on any atom is -0.303 e. The first kappa shape index (κ1) is 22.9. The smallest absolute Gasteiger partial charge is 0.138 e. The molecule has 5 aliphatic carbocycles. The molecule has 0 bridgehead atoms. The minimum absolute atomic E-state index is 0.125. The standard InChI is InChI=1S/C30H46O2/c1-20(2)8-7-9-21(18-31)22-12-14-28(6)24-11-10-23-26(3,4)25(32)13-15-29(23)19-30(24,29)17-16-27(22,28)5/h8,18,21-24H,7,9-17,19H2,1-6H3/t21-,22+,23-,24-,27+,28-,29+,30-/m0/s1. The van der Waals surface area contributed by atoms with E-state index in [1.807, 2.05) is 0 Å². The zero-order valence-electron chi connectivity index (χ0n) is 21.6. The Morgan fingerprint density at radius 3 is 2.31 bits per heavy atom. The fraction of sp³-hybridized carbons (Fsp3) is 0.867. The molecule has 0 N–H and O–H groups in total. The van der Waals surface area contributed by atoms with Crippen LogP contribution in [0.4, 0.5) is 0 Å². The van der Waals surface area contributed by atoms with Crippen LogP contribution in [0.15, 0.2) is 11.6 Å². The number of carbonyl (C=O) groups is 2. The fourth-order valence-corrected chi connectivity index (χ4v) is 10.8. The van der Waals surface area contributed by atoms with Crippen molar-refractivity contribution in [2.45, 2.75) is 112 Å². The van der Waals surface area contributed by atoms with Crippen molar-refractivity contribution in [2.24, 2.45) is 50.7 Å². The van der Waals surface area contributed by atoms with E-state index in [0.717, 1.165) is 31.6 Å². The Labute approximate surface area is 196 Å². The number of hydrogen-bond acceptors (Lipinski definition) is 2. The van der Waals surface area contributed by atoms with E-state index in [1.165, 1.54) is 56.8 Å². The second kappa shape index (κ2) is 7.05. The molecule has 0 aliphatic heterocycles. The Morgan fingerprint density at radius 1 is 0.938 bits per heavy atom.